The van der Waals surface area contributed by atoms with Gasteiger partial charge in [-0.15, -0.1) is 11.3 Å². The number of benzene rings is 8. The van der Waals surface area contributed by atoms with Crippen LogP contribution in [0.2, 0.25) is 0 Å². The lowest BCUT2D eigenvalue weighted by molar-refractivity contribution is 0.619. The molecule has 0 spiro atoms. The zero-order valence-electron chi connectivity index (χ0n) is 26.2. The van der Waals surface area contributed by atoms with Gasteiger partial charge in [-0.25, -0.2) is 0 Å². The second kappa shape index (κ2) is 10.2. The Morgan fingerprint density at radius 3 is 1.73 bits per heavy atom. The van der Waals surface area contributed by atoms with E-state index in [2.05, 4.69) is 146 Å². The van der Waals surface area contributed by atoms with Crippen LogP contribution in [-0.2, 0) is 0 Å². The summed E-state index contributed by atoms with van der Waals surface area (Å²) in [5.74, 6) is 0. The van der Waals surface area contributed by atoms with Gasteiger partial charge in [0.05, 0.1) is 11.6 Å². The second-order valence-electron chi connectivity index (χ2n) is 12.7. The van der Waals surface area contributed by atoms with Crippen LogP contribution in [0, 0.1) is 0 Å². The molecule has 0 radical (unpaired) electrons. The lowest BCUT2D eigenvalue weighted by Crippen LogP contribution is -1.91. The Morgan fingerprint density at radius 1 is 0.388 bits per heavy atom. The third-order valence-corrected chi connectivity index (χ3v) is 11.4. The highest BCUT2D eigenvalue weighted by Gasteiger charge is 2.23. The molecule has 0 aliphatic rings. The molecule has 11 aromatic rings. The molecule has 0 aliphatic heterocycles. The maximum atomic E-state index is 6.57. The number of fused-ring (bicyclic) bond motifs is 10. The molecule has 0 saturated carbocycles. The van der Waals surface area contributed by atoms with Gasteiger partial charge < -0.3 is 8.83 Å². The van der Waals surface area contributed by atoms with E-state index < -0.39 is 0 Å². The number of thiophene rings is 1. The van der Waals surface area contributed by atoms with E-state index >= 15 is 0 Å². The topological polar surface area (TPSA) is 26.3 Å². The molecule has 11 rings (SSSR count). The first-order chi connectivity index (χ1) is 24.3. The SMILES string of the molecule is c1ccc(-c2coc3c2ccc2oc4cccc(-c5c6ccccc6c(-c6cccc7c6sc6ccccc67)c6ccccc56)c4c23)cc1. The molecule has 0 amide bonds. The van der Waals surface area contributed by atoms with Crippen molar-refractivity contribution >= 4 is 86.0 Å². The normalized spacial score (nSPS) is 12.1. The fraction of sp³-hybridized carbons (Fsp3) is 0. The lowest BCUT2D eigenvalue weighted by atomic mass is 9.84. The van der Waals surface area contributed by atoms with E-state index in [4.69, 9.17) is 8.83 Å². The van der Waals surface area contributed by atoms with Crippen molar-refractivity contribution in [1.82, 2.24) is 0 Å². The van der Waals surface area contributed by atoms with Crippen molar-refractivity contribution in [1.29, 1.82) is 0 Å². The van der Waals surface area contributed by atoms with Crippen LogP contribution in [0.15, 0.2) is 167 Å². The van der Waals surface area contributed by atoms with Gasteiger partial charge in [0.25, 0.3) is 0 Å². The quantitative estimate of drug-likeness (QED) is 0.179. The number of hydrogen-bond donors (Lipinski definition) is 0. The fourth-order valence-corrected chi connectivity index (χ4v) is 9.32. The molecule has 3 heterocycles. The Labute approximate surface area is 285 Å². The highest BCUT2D eigenvalue weighted by molar-refractivity contribution is 7.26. The van der Waals surface area contributed by atoms with Gasteiger partial charge in [0, 0.05) is 42.1 Å². The maximum absolute atomic E-state index is 6.57. The van der Waals surface area contributed by atoms with Crippen LogP contribution in [0.25, 0.3) is 108 Å². The summed E-state index contributed by atoms with van der Waals surface area (Å²) < 4.78 is 15.6. The Morgan fingerprint density at radius 2 is 0.980 bits per heavy atom. The first kappa shape index (κ1) is 26.9. The molecule has 0 N–H and O–H groups in total. The number of hydrogen-bond acceptors (Lipinski definition) is 3. The summed E-state index contributed by atoms with van der Waals surface area (Å²) in [6, 6.07) is 54.4. The average Bonchev–Trinajstić information content (AvgIpc) is 3.87. The van der Waals surface area contributed by atoms with E-state index in [1.165, 1.54) is 58.4 Å². The Bertz CT molecular complexity index is 3050. The Balaban J connectivity index is 1.26. The molecule has 0 unspecified atom stereocenters. The van der Waals surface area contributed by atoms with Crippen molar-refractivity contribution in [3.63, 3.8) is 0 Å². The van der Waals surface area contributed by atoms with Crippen LogP contribution in [0.3, 0.4) is 0 Å². The summed E-state index contributed by atoms with van der Waals surface area (Å²) >= 11 is 1.88. The molecule has 228 valence electrons. The summed E-state index contributed by atoms with van der Waals surface area (Å²) in [5.41, 5.74) is 9.64. The predicted molar refractivity (Wildman–Crippen MR) is 208 cm³/mol. The largest absolute Gasteiger partial charge is 0.463 e. The highest BCUT2D eigenvalue weighted by atomic mass is 32.1. The smallest absolute Gasteiger partial charge is 0.146 e. The Hall–Kier alpha value is -6.16. The van der Waals surface area contributed by atoms with Gasteiger partial charge in [-0.05, 0) is 68.1 Å². The summed E-state index contributed by atoms with van der Waals surface area (Å²) in [7, 11) is 0. The van der Waals surface area contributed by atoms with Crippen molar-refractivity contribution in [3.05, 3.63) is 158 Å². The molecule has 3 aromatic heterocycles. The number of rotatable bonds is 3. The van der Waals surface area contributed by atoms with E-state index in [9.17, 15) is 0 Å². The first-order valence-corrected chi connectivity index (χ1v) is 17.4. The second-order valence-corrected chi connectivity index (χ2v) is 13.8. The van der Waals surface area contributed by atoms with E-state index in [1.807, 2.05) is 23.7 Å². The highest BCUT2D eigenvalue weighted by Crippen LogP contribution is 2.50. The van der Waals surface area contributed by atoms with Crippen LogP contribution in [-0.4, -0.2) is 0 Å². The molecular formula is C46H26O2S. The minimum atomic E-state index is 0.825. The van der Waals surface area contributed by atoms with Gasteiger partial charge in [0.2, 0.25) is 0 Å². The number of furan rings is 2. The molecule has 0 aliphatic carbocycles. The van der Waals surface area contributed by atoms with E-state index in [0.29, 0.717) is 0 Å². The van der Waals surface area contributed by atoms with Gasteiger partial charge in [-0.1, -0.05) is 127 Å². The monoisotopic (exact) mass is 642 g/mol. The van der Waals surface area contributed by atoms with Gasteiger partial charge >= 0.3 is 0 Å². The minimum absolute atomic E-state index is 0.825. The van der Waals surface area contributed by atoms with Gasteiger partial charge in [-0.3, -0.25) is 0 Å². The summed E-state index contributed by atoms with van der Waals surface area (Å²) in [6.45, 7) is 0. The third kappa shape index (κ3) is 3.76. The summed E-state index contributed by atoms with van der Waals surface area (Å²) in [4.78, 5) is 0. The van der Waals surface area contributed by atoms with Gasteiger partial charge in [-0.2, -0.15) is 0 Å². The van der Waals surface area contributed by atoms with Crippen molar-refractivity contribution in [2.45, 2.75) is 0 Å². The molecule has 49 heavy (non-hydrogen) atoms. The molecular weight excluding hydrogens is 617 g/mol. The summed E-state index contributed by atoms with van der Waals surface area (Å²) in [6.07, 6.45) is 1.88. The van der Waals surface area contributed by atoms with Crippen molar-refractivity contribution < 1.29 is 8.83 Å². The zero-order valence-corrected chi connectivity index (χ0v) is 27.1. The van der Waals surface area contributed by atoms with Crippen LogP contribution in [0.1, 0.15) is 0 Å². The average molecular weight is 643 g/mol. The van der Waals surface area contributed by atoms with Crippen LogP contribution >= 0.6 is 11.3 Å². The molecule has 0 atom stereocenters. The van der Waals surface area contributed by atoms with Crippen molar-refractivity contribution in [3.8, 4) is 33.4 Å². The van der Waals surface area contributed by atoms with Crippen LogP contribution in [0.5, 0.6) is 0 Å². The van der Waals surface area contributed by atoms with Crippen molar-refractivity contribution in [2.75, 3.05) is 0 Å². The van der Waals surface area contributed by atoms with Crippen LogP contribution in [0.4, 0.5) is 0 Å². The lowest BCUT2D eigenvalue weighted by Gasteiger charge is -2.18. The minimum Gasteiger partial charge on any atom is -0.463 e. The zero-order chi connectivity index (χ0) is 32.1. The predicted octanol–water partition coefficient (Wildman–Crippen LogP) is 14.0. The van der Waals surface area contributed by atoms with Crippen LogP contribution < -0.4 is 0 Å². The molecule has 8 aromatic carbocycles. The maximum Gasteiger partial charge on any atom is 0.146 e. The van der Waals surface area contributed by atoms with E-state index in [0.717, 1.165) is 49.6 Å². The van der Waals surface area contributed by atoms with E-state index in [1.54, 1.807) is 0 Å². The molecule has 0 saturated heterocycles. The third-order valence-electron chi connectivity index (χ3n) is 10.2. The molecule has 2 nitrogen and oxygen atoms in total. The standard InChI is InChI=1S/C46H26O2S/c1-2-12-27(13-3-1)37-26-47-45-33(37)24-25-39-44(45)43-35(20-11-22-38(43)48-39)41-29-15-4-6-17-31(29)42(32-18-7-5-16-30(32)41)36-21-10-19-34-28-14-8-9-23-40(28)49-46(34)36/h1-26H. The fourth-order valence-electron chi connectivity index (χ4n) is 8.10. The molecule has 3 heteroatoms. The van der Waals surface area contributed by atoms with Gasteiger partial charge in [0.15, 0.2) is 0 Å². The van der Waals surface area contributed by atoms with E-state index in [-0.39, 0.29) is 0 Å². The molecule has 0 fully saturated rings. The Kier molecular flexibility index (Phi) is 5.57. The van der Waals surface area contributed by atoms with Gasteiger partial charge in [0.1, 0.15) is 16.7 Å². The van der Waals surface area contributed by atoms with Crippen molar-refractivity contribution in [2.24, 2.45) is 0 Å². The first-order valence-electron chi connectivity index (χ1n) is 16.6. The summed E-state index contributed by atoms with van der Waals surface area (Å²) in [5, 5.41) is 10.7. The molecule has 0 bridgehead atoms.